The first-order valence-electron chi connectivity index (χ1n) is 12.2. The molecule has 1 aromatic heterocycles. The monoisotopic (exact) mass is 461 g/mol. The molecule has 6 aromatic rings. The van der Waals surface area contributed by atoms with E-state index < -0.39 is 0 Å². The maximum Gasteiger partial charge on any atom is 0.169 e. The molecule has 1 heterocycles. The van der Waals surface area contributed by atoms with Crippen molar-refractivity contribution < 1.29 is 0 Å². The molecule has 0 N–H and O–H groups in total. The van der Waals surface area contributed by atoms with Gasteiger partial charge < -0.3 is 0 Å². The lowest BCUT2D eigenvalue weighted by molar-refractivity contribution is 0.998. The van der Waals surface area contributed by atoms with E-state index in [-0.39, 0.29) is 5.92 Å². The van der Waals surface area contributed by atoms with Crippen molar-refractivity contribution in [3.63, 3.8) is 0 Å². The minimum absolute atomic E-state index is 0.134. The van der Waals surface area contributed by atoms with Gasteiger partial charge in [0, 0.05) is 22.7 Å². The molecule has 0 unspecified atom stereocenters. The van der Waals surface area contributed by atoms with Gasteiger partial charge in [0.2, 0.25) is 0 Å². The van der Waals surface area contributed by atoms with Crippen LogP contribution in [-0.4, -0.2) is 14.8 Å². The molecule has 0 saturated heterocycles. The molecule has 7 rings (SSSR count). The third kappa shape index (κ3) is 3.21. The number of rotatable bonds is 4. The predicted molar refractivity (Wildman–Crippen MR) is 145 cm³/mol. The van der Waals surface area contributed by atoms with E-state index in [0.717, 1.165) is 28.5 Å². The minimum atomic E-state index is 0.134. The molecule has 0 bridgehead atoms. The molecule has 0 saturated carbocycles. The lowest BCUT2D eigenvalue weighted by atomic mass is 9.86. The normalized spacial score (nSPS) is 12.3. The van der Waals surface area contributed by atoms with Crippen LogP contribution in [0.4, 0.5) is 0 Å². The van der Waals surface area contributed by atoms with Gasteiger partial charge in [-0.05, 0) is 39.9 Å². The standard InChI is InChI=1S/C33H23N3/c1-3-13-23(14-4-1)32-34-35-33(36(32)24-15-5-2-6-16-24)30-22-12-11-21-29(30)31-27-19-9-7-17-25(27)26-18-8-10-20-28(26)31/h1-22,31H. The average molecular weight is 462 g/mol. The second-order valence-corrected chi connectivity index (χ2v) is 9.08. The first-order chi connectivity index (χ1) is 17.9. The quantitative estimate of drug-likeness (QED) is 0.268. The molecule has 0 amide bonds. The fourth-order valence-corrected chi connectivity index (χ4v) is 5.50. The Morgan fingerprint density at radius 2 is 0.861 bits per heavy atom. The summed E-state index contributed by atoms with van der Waals surface area (Å²) in [4.78, 5) is 0. The van der Waals surface area contributed by atoms with Crippen LogP contribution in [0.3, 0.4) is 0 Å². The van der Waals surface area contributed by atoms with Crippen molar-refractivity contribution >= 4 is 0 Å². The predicted octanol–water partition coefficient (Wildman–Crippen LogP) is 7.76. The molecule has 36 heavy (non-hydrogen) atoms. The van der Waals surface area contributed by atoms with Crippen LogP contribution in [0.25, 0.3) is 39.6 Å². The summed E-state index contributed by atoms with van der Waals surface area (Å²) in [6, 6.07) is 46.8. The van der Waals surface area contributed by atoms with Crippen molar-refractivity contribution in [2.75, 3.05) is 0 Å². The first kappa shape index (κ1) is 20.6. The lowest BCUT2D eigenvalue weighted by Gasteiger charge is -2.19. The third-order valence-corrected chi connectivity index (χ3v) is 7.06. The second kappa shape index (κ2) is 8.47. The molecule has 0 radical (unpaired) electrons. The summed E-state index contributed by atoms with van der Waals surface area (Å²) in [6.07, 6.45) is 0. The molecular weight excluding hydrogens is 438 g/mol. The van der Waals surface area contributed by atoms with Crippen molar-refractivity contribution in [1.29, 1.82) is 0 Å². The Balaban J connectivity index is 1.48. The number of fused-ring (bicyclic) bond motifs is 3. The van der Waals surface area contributed by atoms with E-state index in [0.29, 0.717) is 0 Å². The molecule has 0 aliphatic heterocycles. The van der Waals surface area contributed by atoms with E-state index in [4.69, 9.17) is 10.2 Å². The number of hydrogen-bond acceptors (Lipinski definition) is 2. The van der Waals surface area contributed by atoms with Crippen LogP contribution in [0.15, 0.2) is 133 Å². The van der Waals surface area contributed by atoms with Gasteiger partial charge in [-0.15, -0.1) is 10.2 Å². The van der Waals surface area contributed by atoms with Crippen LogP contribution in [0.2, 0.25) is 0 Å². The van der Waals surface area contributed by atoms with Crippen LogP contribution in [-0.2, 0) is 0 Å². The number of aromatic nitrogens is 3. The average Bonchev–Trinajstić information content (AvgIpc) is 3.54. The van der Waals surface area contributed by atoms with Gasteiger partial charge in [-0.3, -0.25) is 4.57 Å². The van der Waals surface area contributed by atoms with Crippen LogP contribution >= 0.6 is 0 Å². The van der Waals surface area contributed by atoms with Crippen molar-refractivity contribution in [1.82, 2.24) is 14.8 Å². The molecular formula is C33H23N3. The topological polar surface area (TPSA) is 30.7 Å². The zero-order chi connectivity index (χ0) is 23.9. The van der Waals surface area contributed by atoms with Crippen LogP contribution < -0.4 is 0 Å². The van der Waals surface area contributed by atoms with E-state index in [1.54, 1.807) is 0 Å². The number of hydrogen-bond donors (Lipinski definition) is 0. The Hall–Kier alpha value is -4.76. The highest BCUT2D eigenvalue weighted by molar-refractivity contribution is 5.83. The van der Waals surface area contributed by atoms with Crippen LogP contribution in [0.5, 0.6) is 0 Å². The zero-order valence-electron chi connectivity index (χ0n) is 19.6. The van der Waals surface area contributed by atoms with Crippen molar-refractivity contribution in [3.8, 4) is 39.6 Å². The van der Waals surface area contributed by atoms with E-state index >= 15 is 0 Å². The summed E-state index contributed by atoms with van der Waals surface area (Å²) in [6.45, 7) is 0. The first-order valence-corrected chi connectivity index (χ1v) is 12.2. The zero-order valence-corrected chi connectivity index (χ0v) is 19.6. The van der Waals surface area contributed by atoms with E-state index in [2.05, 4.69) is 114 Å². The van der Waals surface area contributed by atoms with Gasteiger partial charge in [-0.1, -0.05) is 121 Å². The Bertz CT molecular complexity index is 1640. The summed E-state index contributed by atoms with van der Waals surface area (Å²) < 4.78 is 2.18. The highest BCUT2D eigenvalue weighted by Crippen LogP contribution is 2.49. The van der Waals surface area contributed by atoms with Crippen molar-refractivity contribution in [2.24, 2.45) is 0 Å². The molecule has 1 aliphatic carbocycles. The van der Waals surface area contributed by atoms with Gasteiger partial charge in [0.15, 0.2) is 11.6 Å². The highest BCUT2D eigenvalue weighted by Gasteiger charge is 2.32. The summed E-state index contributed by atoms with van der Waals surface area (Å²) in [5.41, 5.74) is 9.68. The molecule has 0 atom stereocenters. The van der Waals surface area contributed by atoms with Gasteiger partial charge >= 0.3 is 0 Å². The molecule has 3 heteroatoms. The lowest BCUT2D eigenvalue weighted by Crippen LogP contribution is -2.05. The highest BCUT2D eigenvalue weighted by atomic mass is 15.3. The van der Waals surface area contributed by atoms with E-state index in [1.807, 2.05) is 24.3 Å². The second-order valence-electron chi connectivity index (χ2n) is 9.08. The Morgan fingerprint density at radius 3 is 1.47 bits per heavy atom. The molecule has 1 aliphatic rings. The summed E-state index contributed by atoms with van der Waals surface area (Å²) >= 11 is 0. The van der Waals surface area contributed by atoms with E-state index in [1.165, 1.54) is 27.8 Å². The van der Waals surface area contributed by atoms with E-state index in [9.17, 15) is 0 Å². The van der Waals surface area contributed by atoms with Gasteiger partial charge in [-0.2, -0.15) is 0 Å². The Labute approximate surface area is 210 Å². The van der Waals surface area contributed by atoms with Gasteiger partial charge in [-0.25, -0.2) is 0 Å². The molecule has 170 valence electrons. The number of nitrogens with zero attached hydrogens (tertiary/aromatic N) is 3. The van der Waals surface area contributed by atoms with Crippen LogP contribution in [0, 0.1) is 0 Å². The number of para-hydroxylation sites is 1. The van der Waals surface area contributed by atoms with Gasteiger partial charge in [0.05, 0.1) is 0 Å². The van der Waals surface area contributed by atoms with Crippen molar-refractivity contribution in [2.45, 2.75) is 5.92 Å². The summed E-state index contributed by atoms with van der Waals surface area (Å²) in [5.74, 6) is 1.81. The third-order valence-electron chi connectivity index (χ3n) is 7.06. The van der Waals surface area contributed by atoms with Gasteiger partial charge in [0.25, 0.3) is 0 Å². The molecule has 3 nitrogen and oxygen atoms in total. The summed E-state index contributed by atoms with van der Waals surface area (Å²) in [7, 11) is 0. The minimum Gasteiger partial charge on any atom is -0.275 e. The summed E-state index contributed by atoms with van der Waals surface area (Å²) in [5, 5.41) is 9.50. The maximum atomic E-state index is 4.80. The maximum absolute atomic E-state index is 4.80. The Kier molecular flexibility index (Phi) is 4.85. The number of benzene rings is 5. The van der Waals surface area contributed by atoms with Crippen LogP contribution in [0.1, 0.15) is 22.6 Å². The van der Waals surface area contributed by atoms with Gasteiger partial charge in [0.1, 0.15) is 0 Å². The fraction of sp³-hybridized carbons (Fsp3) is 0.0303. The smallest absolute Gasteiger partial charge is 0.169 e. The molecule has 5 aromatic carbocycles. The SMILES string of the molecule is c1ccc(-c2nnc(-c3ccccc3C3c4ccccc4-c4ccccc43)n2-c2ccccc2)cc1. The largest absolute Gasteiger partial charge is 0.275 e. The molecule has 0 spiro atoms. The molecule has 0 fully saturated rings. The van der Waals surface area contributed by atoms with Crippen molar-refractivity contribution in [3.05, 3.63) is 150 Å². The Morgan fingerprint density at radius 1 is 0.417 bits per heavy atom. The fourth-order valence-electron chi connectivity index (χ4n) is 5.50.